The molecule has 1 aromatic heterocycles. The highest BCUT2D eigenvalue weighted by Crippen LogP contribution is 2.29. The molecular weight excluding hydrogens is 386 g/mol. The predicted octanol–water partition coefficient (Wildman–Crippen LogP) is 5.52. The van der Waals surface area contributed by atoms with Crippen LogP contribution < -0.4 is 10.1 Å². The SMILES string of the molecule is Cc1cccc(OCC(=O)Nc2cc(-c3nc4ccccc4[nH]3)ccc2Cl)c1C. The molecule has 2 N–H and O–H groups in total. The van der Waals surface area contributed by atoms with E-state index in [1.54, 1.807) is 12.1 Å². The van der Waals surface area contributed by atoms with Crippen molar-refractivity contribution in [2.75, 3.05) is 11.9 Å². The van der Waals surface area contributed by atoms with Crippen molar-refractivity contribution in [1.82, 2.24) is 9.97 Å². The number of para-hydroxylation sites is 2. The highest BCUT2D eigenvalue weighted by Gasteiger charge is 2.12. The molecule has 6 heteroatoms. The molecule has 1 heterocycles. The molecule has 0 aliphatic heterocycles. The van der Waals surface area contributed by atoms with Crippen LogP contribution in [0, 0.1) is 13.8 Å². The Kier molecular flexibility index (Phi) is 5.23. The van der Waals surface area contributed by atoms with E-state index in [1.165, 1.54) is 0 Å². The molecule has 146 valence electrons. The van der Waals surface area contributed by atoms with E-state index in [9.17, 15) is 4.79 Å². The molecule has 0 aliphatic carbocycles. The first-order valence-corrected chi connectivity index (χ1v) is 9.62. The summed E-state index contributed by atoms with van der Waals surface area (Å²) in [5, 5.41) is 3.27. The smallest absolute Gasteiger partial charge is 0.262 e. The van der Waals surface area contributed by atoms with Crippen molar-refractivity contribution in [2.24, 2.45) is 0 Å². The minimum atomic E-state index is -0.283. The van der Waals surface area contributed by atoms with Gasteiger partial charge in [-0.1, -0.05) is 35.9 Å². The van der Waals surface area contributed by atoms with Gasteiger partial charge in [0.15, 0.2) is 6.61 Å². The number of H-pyrrole nitrogens is 1. The summed E-state index contributed by atoms with van der Waals surface area (Å²) in [4.78, 5) is 20.3. The highest BCUT2D eigenvalue weighted by molar-refractivity contribution is 6.33. The van der Waals surface area contributed by atoms with Crippen molar-refractivity contribution in [3.63, 3.8) is 0 Å². The lowest BCUT2D eigenvalue weighted by atomic mass is 10.1. The first-order chi connectivity index (χ1) is 14.0. The molecule has 1 amide bonds. The van der Waals surface area contributed by atoms with E-state index in [4.69, 9.17) is 16.3 Å². The molecule has 0 radical (unpaired) electrons. The van der Waals surface area contributed by atoms with Crippen LogP contribution in [0.1, 0.15) is 11.1 Å². The molecule has 0 spiro atoms. The molecule has 0 unspecified atom stereocenters. The Morgan fingerprint density at radius 1 is 1.10 bits per heavy atom. The van der Waals surface area contributed by atoms with E-state index in [1.807, 2.05) is 62.4 Å². The molecule has 0 aliphatic rings. The third kappa shape index (κ3) is 4.10. The van der Waals surface area contributed by atoms with Crippen molar-refractivity contribution in [1.29, 1.82) is 0 Å². The quantitative estimate of drug-likeness (QED) is 0.459. The van der Waals surface area contributed by atoms with Gasteiger partial charge in [-0.3, -0.25) is 4.79 Å². The lowest BCUT2D eigenvalue weighted by molar-refractivity contribution is -0.118. The summed E-state index contributed by atoms with van der Waals surface area (Å²) < 4.78 is 5.67. The molecule has 0 saturated heterocycles. The predicted molar refractivity (Wildman–Crippen MR) is 117 cm³/mol. The van der Waals surface area contributed by atoms with E-state index in [0.29, 0.717) is 22.3 Å². The fourth-order valence-corrected chi connectivity index (χ4v) is 3.23. The molecule has 0 atom stereocenters. The van der Waals surface area contributed by atoms with E-state index >= 15 is 0 Å². The summed E-state index contributed by atoms with van der Waals surface area (Å²) >= 11 is 6.28. The van der Waals surface area contributed by atoms with Crippen LogP contribution in [0.15, 0.2) is 60.7 Å². The van der Waals surface area contributed by atoms with Crippen LogP contribution in [0.3, 0.4) is 0 Å². The zero-order chi connectivity index (χ0) is 20.4. The minimum Gasteiger partial charge on any atom is -0.483 e. The number of imidazole rings is 1. The van der Waals surface area contributed by atoms with Crippen molar-refractivity contribution < 1.29 is 9.53 Å². The number of carbonyl (C=O) groups excluding carboxylic acids is 1. The van der Waals surface area contributed by atoms with Crippen LogP contribution in [0.25, 0.3) is 22.4 Å². The molecule has 4 rings (SSSR count). The van der Waals surface area contributed by atoms with Crippen LogP contribution in [0.4, 0.5) is 5.69 Å². The normalized spacial score (nSPS) is 10.9. The third-order valence-electron chi connectivity index (χ3n) is 4.82. The lowest BCUT2D eigenvalue weighted by Gasteiger charge is -2.12. The summed E-state index contributed by atoms with van der Waals surface area (Å²) in [5.41, 5.74) is 5.31. The van der Waals surface area contributed by atoms with Crippen LogP contribution in [-0.2, 0) is 4.79 Å². The number of hydrogen-bond donors (Lipinski definition) is 2. The molecular formula is C23H20ClN3O2. The number of rotatable bonds is 5. The first kappa shape index (κ1) is 19.0. The summed E-state index contributed by atoms with van der Waals surface area (Å²) in [7, 11) is 0. The van der Waals surface area contributed by atoms with Gasteiger partial charge in [-0.2, -0.15) is 0 Å². The number of ether oxygens (including phenoxy) is 1. The number of aryl methyl sites for hydroxylation is 1. The van der Waals surface area contributed by atoms with Crippen LogP contribution in [0.2, 0.25) is 5.02 Å². The summed E-state index contributed by atoms with van der Waals surface area (Å²) in [6.45, 7) is 3.87. The highest BCUT2D eigenvalue weighted by atomic mass is 35.5. The van der Waals surface area contributed by atoms with Gasteiger partial charge < -0.3 is 15.0 Å². The van der Waals surface area contributed by atoms with Crippen molar-refractivity contribution in [3.05, 3.63) is 76.8 Å². The fourth-order valence-electron chi connectivity index (χ4n) is 3.07. The van der Waals surface area contributed by atoms with Gasteiger partial charge >= 0.3 is 0 Å². The van der Waals surface area contributed by atoms with E-state index in [-0.39, 0.29) is 12.5 Å². The van der Waals surface area contributed by atoms with Crippen molar-refractivity contribution >= 4 is 34.2 Å². The van der Waals surface area contributed by atoms with Gasteiger partial charge in [-0.25, -0.2) is 4.98 Å². The van der Waals surface area contributed by atoms with Gasteiger partial charge in [0.1, 0.15) is 11.6 Å². The van der Waals surface area contributed by atoms with E-state index in [0.717, 1.165) is 27.7 Å². The zero-order valence-electron chi connectivity index (χ0n) is 16.1. The summed E-state index contributed by atoms with van der Waals surface area (Å²) in [5.74, 6) is 1.13. The number of carbonyl (C=O) groups is 1. The van der Waals surface area contributed by atoms with Crippen LogP contribution >= 0.6 is 11.6 Å². The monoisotopic (exact) mass is 405 g/mol. The van der Waals surface area contributed by atoms with Crippen LogP contribution in [-0.4, -0.2) is 22.5 Å². The largest absolute Gasteiger partial charge is 0.483 e. The second kappa shape index (κ2) is 7.97. The molecule has 4 aromatic rings. The maximum Gasteiger partial charge on any atom is 0.262 e. The molecule has 3 aromatic carbocycles. The topological polar surface area (TPSA) is 67.0 Å². The second-order valence-corrected chi connectivity index (χ2v) is 7.24. The number of benzene rings is 3. The van der Waals surface area contributed by atoms with Crippen molar-refractivity contribution in [2.45, 2.75) is 13.8 Å². The first-order valence-electron chi connectivity index (χ1n) is 9.25. The molecule has 0 bridgehead atoms. The fraction of sp³-hybridized carbons (Fsp3) is 0.130. The number of aromatic nitrogens is 2. The van der Waals surface area contributed by atoms with Crippen molar-refractivity contribution in [3.8, 4) is 17.1 Å². The lowest BCUT2D eigenvalue weighted by Crippen LogP contribution is -2.20. The molecule has 5 nitrogen and oxygen atoms in total. The molecule has 0 saturated carbocycles. The third-order valence-corrected chi connectivity index (χ3v) is 5.15. The summed E-state index contributed by atoms with van der Waals surface area (Å²) in [6.07, 6.45) is 0. The number of nitrogens with one attached hydrogen (secondary N) is 2. The Hall–Kier alpha value is -3.31. The average molecular weight is 406 g/mol. The standard InChI is InChI=1S/C23H20ClN3O2/c1-14-6-5-9-21(15(14)2)29-13-22(28)25-20-12-16(10-11-17(20)24)23-26-18-7-3-4-8-19(18)27-23/h3-12H,13H2,1-2H3,(H,25,28)(H,26,27). The molecule has 29 heavy (non-hydrogen) atoms. The number of hydrogen-bond acceptors (Lipinski definition) is 3. The Morgan fingerprint density at radius 3 is 2.76 bits per heavy atom. The summed E-state index contributed by atoms with van der Waals surface area (Å²) in [6, 6.07) is 19.0. The Bertz CT molecular complexity index is 1170. The number of halogens is 1. The number of aromatic amines is 1. The van der Waals surface area contributed by atoms with Gasteiger partial charge in [0.05, 0.1) is 21.7 Å². The maximum absolute atomic E-state index is 12.4. The van der Waals surface area contributed by atoms with Gasteiger partial charge in [-0.05, 0) is 61.4 Å². The molecule has 0 fully saturated rings. The van der Waals surface area contributed by atoms with E-state index < -0.39 is 0 Å². The van der Waals surface area contributed by atoms with Gasteiger partial charge in [0.25, 0.3) is 5.91 Å². The van der Waals surface area contributed by atoms with Gasteiger partial charge in [0.2, 0.25) is 0 Å². The number of nitrogens with zero attached hydrogens (tertiary/aromatic N) is 1. The zero-order valence-corrected chi connectivity index (χ0v) is 16.9. The van der Waals surface area contributed by atoms with Gasteiger partial charge in [0, 0.05) is 5.56 Å². The number of anilines is 1. The number of fused-ring (bicyclic) bond motifs is 1. The Balaban J connectivity index is 1.50. The average Bonchev–Trinajstić information content (AvgIpc) is 3.15. The Labute approximate surface area is 173 Å². The Morgan fingerprint density at radius 2 is 1.93 bits per heavy atom. The number of amides is 1. The van der Waals surface area contributed by atoms with Gasteiger partial charge in [-0.15, -0.1) is 0 Å². The minimum absolute atomic E-state index is 0.102. The maximum atomic E-state index is 12.4. The van der Waals surface area contributed by atoms with Crippen LogP contribution in [0.5, 0.6) is 5.75 Å². The second-order valence-electron chi connectivity index (χ2n) is 6.83. The van der Waals surface area contributed by atoms with E-state index in [2.05, 4.69) is 15.3 Å².